The van der Waals surface area contributed by atoms with Gasteiger partial charge in [-0.1, -0.05) is 6.42 Å². The molecule has 3 rings (SSSR count). The normalized spacial score (nSPS) is 44.8. The van der Waals surface area contributed by atoms with Crippen LogP contribution in [-0.4, -0.2) is 32.0 Å². The Morgan fingerprint density at radius 1 is 1.19 bits per heavy atom. The number of nitrogens with two attached hydrogens (primary N) is 1. The fraction of sp³-hybridized carbons (Fsp3) is 1.00. The minimum atomic E-state index is 0.146. The minimum absolute atomic E-state index is 0.146. The maximum atomic E-state index is 6.26. The molecule has 3 heteroatoms. The van der Waals surface area contributed by atoms with Crippen LogP contribution in [0.1, 0.15) is 32.1 Å². The summed E-state index contributed by atoms with van der Waals surface area (Å²) in [5, 5.41) is 0. The van der Waals surface area contributed by atoms with Crippen molar-refractivity contribution in [2.45, 2.75) is 44.2 Å². The third-order valence-corrected chi connectivity index (χ3v) is 4.78. The number of fused-ring (bicyclic) bond motifs is 2. The first-order valence-electron chi connectivity index (χ1n) is 6.78. The predicted octanol–water partition coefficient (Wildman–Crippen LogP) is 1.56. The van der Waals surface area contributed by atoms with Gasteiger partial charge < -0.3 is 15.2 Å². The Kier molecular flexibility index (Phi) is 3.18. The molecule has 2 aliphatic carbocycles. The van der Waals surface area contributed by atoms with Crippen molar-refractivity contribution in [2.24, 2.45) is 23.5 Å². The molecule has 1 saturated heterocycles. The molecule has 0 aromatic carbocycles. The van der Waals surface area contributed by atoms with Crippen LogP contribution in [0.15, 0.2) is 0 Å². The number of rotatable bonds is 3. The Labute approximate surface area is 97.7 Å². The van der Waals surface area contributed by atoms with Gasteiger partial charge in [-0.3, -0.25) is 0 Å². The van der Waals surface area contributed by atoms with Crippen molar-refractivity contribution < 1.29 is 9.47 Å². The van der Waals surface area contributed by atoms with Gasteiger partial charge in [-0.05, 0) is 43.4 Å². The largest absolute Gasteiger partial charge is 0.376 e. The van der Waals surface area contributed by atoms with Crippen molar-refractivity contribution in [3.05, 3.63) is 0 Å². The first-order valence-corrected chi connectivity index (χ1v) is 6.78. The highest BCUT2D eigenvalue weighted by Crippen LogP contribution is 2.49. The molecule has 2 saturated carbocycles. The van der Waals surface area contributed by atoms with Crippen molar-refractivity contribution >= 4 is 0 Å². The van der Waals surface area contributed by atoms with Crippen LogP contribution >= 0.6 is 0 Å². The van der Waals surface area contributed by atoms with Crippen LogP contribution in [0.2, 0.25) is 0 Å². The Balaban J connectivity index is 1.50. The van der Waals surface area contributed by atoms with E-state index in [1.807, 2.05) is 0 Å². The van der Waals surface area contributed by atoms with Crippen LogP contribution < -0.4 is 5.73 Å². The Bertz CT molecular complexity index is 240. The summed E-state index contributed by atoms with van der Waals surface area (Å²) < 4.78 is 11.1. The molecule has 1 aliphatic heterocycles. The predicted molar refractivity (Wildman–Crippen MR) is 62.1 cm³/mol. The van der Waals surface area contributed by atoms with Gasteiger partial charge in [-0.2, -0.15) is 0 Å². The molecule has 3 nitrogen and oxygen atoms in total. The number of hydrogen-bond acceptors (Lipinski definition) is 3. The van der Waals surface area contributed by atoms with Gasteiger partial charge in [0.15, 0.2) is 0 Å². The molecule has 5 atom stereocenters. The zero-order valence-corrected chi connectivity index (χ0v) is 9.94. The van der Waals surface area contributed by atoms with E-state index in [-0.39, 0.29) is 12.1 Å². The lowest BCUT2D eigenvalue weighted by Crippen LogP contribution is -2.45. The van der Waals surface area contributed by atoms with Crippen molar-refractivity contribution in [1.82, 2.24) is 0 Å². The summed E-state index contributed by atoms with van der Waals surface area (Å²) in [6.07, 6.45) is 7.11. The fourth-order valence-electron chi connectivity index (χ4n) is 3.92. The molecule has 5 unspecified atom stereocenters. The lowest BCUT2D eigenvalue weighted by atomic mass is 9.83. The summed E-state index contributed by atoms with van der Waals surface area (Å²) in [5.74, 6) is 2.87. The number of ether oxygens (including phenoxy) is 2. The van der Waals surface area contributed by atoms with Crippen molar-refractivity contribution in [3.63, 3.8) is 0 Å². The lowest BCUT2D eigenvalue weighted by Gasteiger charge is -2.31. The van der Waals surface area contributed by atoms with Crippen LogP contribution in [0.3, 0.4) is 0 Å². The molecule has 3 aliphatic rings. The van der Waals surface area contributed by atoms with Gasteiger partial charge in [-0.25, -0.2) is 0 Å². The molecule has 0 aromatic rings. The topological polar surface area (TPSA) is 44.5 Å². The first kappa shape index (κ1) is 11.0. The van der Waals surface area contributed by atoms with Crippen LogP contribution in [0.4, 0.5) is 0 Å². The zero-order valence-electron chi connectivity index (χ0n) is 9.94. The van der Waals surface area contributed by atoms with Gasteiger partial charge in [0.25, 0.3) is 0 Å². The summed E-state index contributed by atoms with van der Waals surface area (Å²) in [4.78, 5) is 0. The van der Waals surface area contributed by atoms with Gasteiger partial charge in [0.2, 0.25) is 0 Å². The van der Waals surface area contributed by atoms with E-state index in [0.717, 1.165) is 37.4 Å². The fourth-order valence-corrected chi connectivity index (χ4v) is 3.92. The third kappa shape index (κ3) is 2.13. The lowest BCUT2D eigenvalue weighted by molar-refractivity contribution is -0.0996. The van der Waals surface area contributed by atoms with Crippen LogP contribution in [0.25, 0.3) is 0 Å². The second-order valence-electron chi connectivity index (χ2n) is 5.82. The second-order valence-corrected chi connectivity index (χ2v) is 5.82. The van der Waals surface area contributed by atoms with Crippen LogP contribution in [-0.2, 0) is 9.47 Å². The summed E-state index contributed by atoms with van der Waals surface area (Å²) in [5.41, 5.74) is 6.26. The smallest absolute Gasteiger partial charge is 0.0960 e. The van der Waals surface area contributed by atoms with E-state index in [0.29, 0.717) is 6.61 Å². The average Bonchev–Trinajstić information content (AvgIpc) is 2.92. The Hall–Kier alpha value is -0.120. The van der Waals surface area contributed by atoms with Gasteiger partial charge in [0.05, 0.1) is 25.9 Å². The molecule has 0 aromatic heterocycles. The highest BCUT2D eigenvalue weighted by atomic mass is 16.6. The van der Waals surface area contributed by atoms with Gasteiger partial charge in [-0.15, -0.1) is 0 Å². The summed E-state index contributed by atoms with van der Waals surface area (Å²) in [6.45, 7) is 2.15. The highest BCUT2D eigenvalue weighted by Gasteiger charge is 2.40. The Morgan fingerprint density at radius 2 is 2.12 bits per heavy atom. The molecule has 0 spiro atoms. The molecule has 92 valence electrons. The van der Waals surface area contributed by atoms with E-state index < -0.39 is 0 Å². The zero-order chi connectivity index (χ0) is 11.0. The summed E-state index contributed by atoms with van der Waals surface area (Å²) in [6, 6.07) is 0.185. The summed E-state index contributed by atoms with van der Waals surface area (Å²) >= 11 is 0. The van der Waals surface area contributed by atoms with E-state index in [1.165, 1.54) is 25.7 Å². The van der Waals surface area contributed by atoms with Gasteiger partial charge in [0.1, 0.15) is 0 Å². The second kappa shape index (κ2) is 4.63. The molecular weight excluding hydrogens is 202 g/mol. The monoisotopic (exact) mass is 225 g/mol. The van der Waals surface area contributed by atoms with Crippen molar-refractivity contribution in [2.75, 3.05) is 19.8 Å². The molecule has 3 fully saturated rings. The molecule has 2 bridgehead atoms. The molecular formula is C13H23NO2. The highest BCUT2D eigenvalue weighted by molar-refractivity contribution is 4.92. The molecule has 1 heterocycles. The quantitative estimate of drug-likeness (QED) is 0.792. The maximum absolute atomic E-state index is 6.26. The van der Waals surface area contributed by atoms with E-state index in [4.69, 9.17) is 15.2 Å². The summed E-state index contributed by atoms with van der Waals surface area (Å²) in [7, 11) is 0. The van der Waals surface area contributed by atoms with E-state index in [1.54, 1.807) is 0 Å². The van der Waals surface area contributed by atoms with E-state index in [9.17, 15) is 0 Å². The van der Waals surface area contributed by atoms with E-state index in [2.05, 4.69) is 0 Å². The maximum Gasteiger partial charge on any atom is 0.0960 e. The van der Waals surface area contributed by atoms with Crippen molar-refractivity contribution in [3.8, 4) is 0 Å². The third-order valence-electron chi connectivity index (χ3n) is 4.78. The molecule has 16 heavy (non-hydrogen) atoms. The van der Waals surface area contributed by atoms with Crippen LogP contribution in [0.5, 0.6) is 0 Å². The van der Waals surface area contributed by atoms with Gasteiger partial charge in [0, 0.05) is 6.04 Å². The molecule has 0 radical (unpaired) electrons. The van der Waals surface area contributed by atoms with Crippen molar-refractivity contribution in [1.29, 1.82) is 0 Å². The van der Waals surface area contributed by atoms with Gasteiger partial charge >= 0.3 is 0 Å². The van der Waals surface area contributed by atoms with Crippen LogP contribution in [0, 0.1) is 17.8 Å². The Morgan fingerprint density at radius 3 is 2.75 bits per heavy atom. The SMILES string of the molecule is NC(CC1CC2CCC1C2)C1COCCO1. The molecule has 0 amide bonds. The number of hydrogen-bond donors (Lipinski definition) is 1. The first-order chi connectivity index (χ1) is 7.83. The molecule has 2 N–H and O–H groups in total. The standard InChI is InChI=1S/C13H23NO2/c14-12(13-8-15-3-4-16-13)7-11-6-9-1-2-10(11)5-9/h9-13H,1-8,14H2. The van der Waals surface area contributed by atoms with E-state index >= 15 is 0 Å². The average molecular weight is 225 g/mol. The minimum Gasteiger partial charge on any atom is -0.376 e.